The van der Waals surface area contributed by atoms with Crippen molar-refractivity contribution in [1.82, 2.24) is 14.9 Å². The number of nitrogens with one attached hydrogen (secondary N) is 2. The average molecular weight is 457 g/mol. The van der Waals surface area contributed by atoms with Crippen LogP contribution in [0.5, 0.6) is 0 Å². The number of rotatable bonds is 10. The van der Waals surface area contributed by atoms with Gasteiger partial charge in [0.1, 0.15) is 0 Å². The highest BCUT2D eigenvalue weighted by Crippen LogP contribution is 2.18. The van der Waals surface area contributed by atoms with Gasteiger partial charge in [0.15, 0.2) is 0 Å². The van der Waals surface area contributed by atoms with Gasteiger partial charge >= 0.3 is 0 Å². The van der Waals surface area contributed by atoms with Crippen LogP contribution in [0.3, 0.4) is 0 Å². The largest absolute Gasteiger partial charge is 0.369 e. The van der Waals surface area contributed by atoms with Crippen LogP contribution in [-0.4, -0.2) is 65.0 Å². The smallest absolute Gasteiger partial charge is 0.251 e. The van der Waals surface area contributed by atoms with E-state index < -0.39 is 10.0 Å². The molecule has 32 heavy (non-hydrogen) atoms. The second-order valence-electron chi connectivity index (χ2n) is 7.95. The van der Waals surface area contributed by atoms with E-state index in [1.165, 1.54) is 23.4 Å². The van der Waals surface area contributed by atoms with Crippen LogP contribution < -0.4 is 14.9 Å². The van der Waals surface area contributed by atoms with Crippen LogP contribution in [0.4, 0.5) is 5.69 Å². The fraction of sp³-hybridized carbons (Fsp3) is 0.375. The topological polar surface area (TPSA) is 81.7 Å². The van der Waals surface area contributed by atoms with Crippen molar-refractivity contribution in [2.24, 2.45) is 0 Å². The number of benzene rings is 2. The number of hydrogen-bond acceptors (Lipinski definition) is 5. The zero-order chi connectivity index (χ0) is 23.0. The molecule has 1 aliphatic heterocycles. The molecular weight excluding hydrogens is 424 g/mol. The molecule has 2 aromatic rings. The Morgan fingerprint density at radius 2 is 1.84 bits per heavy atom. The highest BCUT2D eigenvalue weighted by molar-refractivity contribution is 7.89. The van der Waals surface area contributed by atoms with Crippen LogP contribution in [-0.2, 0) is 10.0 Å². The van der Waals surface area contributed by atoms with Gasteiger partial charge in [0.2, 0.25) is 10.0 Å². The van der Waals surface area contributed by atoms with Gasteiger partial charge in [-0.25, -0.2) is 13.1 Å². The summed E-state index contributed by atoms with van der Waals surface area (Å²) in [6, 6.07) is 14.6. The summed E-state index contributed by atoms with van der Waals surface area (Å²) in [5.41, 5.74) is 2.83. The molecule has 0 saturated carbocycles. The summed E-state index contributed by atoms with van der Waals surface area (Å²) in [5.74, 6) is -0.327. The molecule has 0 unspecified atom stereocenters. The Balaban J connectivity index is 1.43. The minimum Gasteiger partial charge on any atom is -0.369 e. The van der Waals surface area contributed by atoms with E-state index in [2.05, 4.69) is 57.6 Å². The molecule has 1 fully saturated rings. The first-order chi connectivity index (χ1) is 15.4. The third-order valence-electron chi connectivity index (χ3n) is 5.50. The van der Waals surface area contributed by atoms with Crippen molar-refractivity contribution in [1.29, 1.82) is 0 Å². The molecule has 8 heteroatoms. The van der Waals surface area contributed by atoms with Crippen molar-refractivity contribution in [2.75, 3.05) is 50.7 Å². The fourth-order valence-corrected chi connectivity index (χ4v) is 4.84. The van der Waals surface area contributed by atoms with Crippen molar-refractivity contribution >= 4 is 21.6 Å². The molecular formula is C24H32N4O3S. The van der Waals surface area contributed by atoms with Crippen LogP contribution in [0.2, 0.25) is 0 Å². The molecule has 1 saturated heterocycles. The third-order valence-corrected chi connectivity index (χ3v) is 6.95. The van der Waals surface area contributed by atoms with Gasteiger partial charge in [-0.1, -0.05) is 24.3 Å². The zero-order valence-corrected chi connectivity index (χ0v) is 19.4. The Morgan fingerprint density at radius 1 is 1.09 bits per heavy atom. The number of hydrogen-bond donors (Lipinski definition) is 2. The van der Waals surface area contributed by atoms with E-state index >= 15 is 0 Å². The molecule has 1 heterocycles. The molecule has 0 aliphatic carbocycles. The predicted octanol–water partition coefficient (Wildman–Crippen LogP) is 2.40. The predicted molar refractivity (Wildman–Crippen MR) is 129 cm³/mol. The Kier molecular flexibility index (Phi) is 8.44. The number of amides is 1. The summed E-state index contributed by atoms with van der Waals surface area (Å²) in [4.78, 5) is 16.9. The first-order valence-electron chi connectivity index (χ1n) is 10.9. The van der Waals surface area contributed by atoms with E-state index in [1.807, 2.05) is 0 Å². The summed E-state index contributed by atoms with van der Waals surface area (Å²) in [6.07, 6.45) is 2.30. The zero-order valence-electron chi connectivity index (χ0n) is 18.6. The first-order valence-corrected chi connectivity index (χ1v) is 12.4. The molecule has 1 aliphatic rings. The number of piperazine rings is 1. The summed E-state index contributed by atoms with van der Waals surface area (Å²) in [5, 5.41) is 2.65. The van der Waals surface area contributed by atoms with E-state index in [0.717, 1.165) is 39.1 Å². The maximum atomic E-state index is 12.6. The van der Waals surface area contributed by atoms with Gasteiger partial charge in [-0.15, -0.1) is 6.58 Å². The molecule has 2 N–H and O–H groups in total. The van der Waals surface area contributed by atoms with Crippen molar-refractivity contribution < 1.29 is 13.2 Å². The minimum absolute atomic E-state index is 0.0931. The van der Waals surface area contributed by atoms with Crippen molar-refractivity contribution in [3.8, 4) is 0 Å². The molecule has 0 aromatic heterocycles. The standard InChI is InChI=1S/C24H32N4O3S/c1-3-11-25-24(29)21-8-5-10-23(19-21)32(30,31)26-12-6-13-27-14-16-28(17-15-27)22-9-4-7-20(2)18-22/h3-5,7-10,18-19,26H,1,6,11-17H2,2H3,(H,25,29). The second kappa shape index (κ2) is 11.3. The normalized spacial score (nSPS) is 14.8. The van der Waals surface area contributed by atoms with Gasteiger partial charge in [-0.05, 0) is 55.8 Å². The number of sulfonamides is 1. The monoisotopic (exact) mass is 456 g/mol. The van der Waals surface area contributed by atoms with E-state index in [1.54, 1.807) is 18.2 Å². The Hall–Kier alpha value is -2.68. The van der Waals surface area contributed by atoms with Crippen LogP contribution in [0, 0.1) is 6.92 Å². The minimum atomic E-state index is -3.67. The van der Waals surface area contributed by atoms with E-state index in [0.29, 0.717) is 18.7 Å². The lowest BCUT2D eigenvalue weighted by molar-refractivity contribution is 0.0958. The van der Waals surface area contributed by atoms with Crippen LogP contribution >= 0.6 is 0 Å². The molecule has 0 atom stereocenters. The Bertz CT molecular complexity index is 1030. The summed E-state index contributed by atoms with van der Waals surface area (Å²) >= 11 is 0. The Morgan fingerprint density at radius 3 is 2.56 bits per heavy atom. The Labute approximate surface area is 191 Å². The summed E-state index contributed by atoms with van der Waals surface area (Å²) in [7, 11) is -3.67. The van der Waals surface area contributed by atoms with Crippen LogP contribution in [0.1, 0.15) is 22.3 Å². The van der Waals surface area contributed by atoms with Gasteiger partial charge in [0, 0.05) is 50.5 Å². The number of carbonyl (C=O) groups excluding carboxylic acids is 1. The average Bonchev–Trinajstić information content (AvgIpc) is 2.81. The van der Waals surface area contributed by atoms with Crippen molar-refractivity contribution in [2.45, 2.75) is 18.2 Å². The lowest BCUT2D eigenvalue weighted by Crippen LogP contribution is -2.47. The van der Waals surface area contributed by atoms with Gasteiger partial charge in [0.05, 0.1) is 4.90 Å². The quantitative estimate of drug-likeness (QED) is 0.424. The lowest BCUT2D eigenvalue weighted by atomic mass is 10.2. The maximum absolute atomic E-state index is 12.6. The fourth-order valence-electron chi connectivity index (χ4n) is 3.72. The summed E-state index contributed by atoms with van der Waals surface area (Å²) in [6.45, 7) is 11.0. The van der Waals surface area contributed by atoms with Gasteiger partial charge < -0.3 is 10.2 Å². The number of aryl methyl sites for hydroxylation is 1. The molecule has 3 rings (SSSR count). The molecule has 1 amide bonds. The molecule has 0 spiro atoms. The maximum Gasteiger partial charge on any atom is 0.251 e. The first kappa shape index (κ1) is 24.0. The number of nitrogens with zero attached hydrogens (tertiary/aromatic N) is 2. The number of carbonyl (C=O) groups is 1. The van der Waals surface area contributed by atoms with E-state index in [4.69, 9.17) is 0 Å². The molecule has 7 nitrogen and oxygen atoms in total. The molecule has 172 valence electrons. The molecule has 2 aromatic carbocycles. The van der Waals surface area contributed by atoms with Crippen molar-refractivity contribution in [3.63, 3.8) is 0 Å². The van der Waals surface area contributed by atoms with Crippen LogP contribution in [0.25, 0.3) is 0 Å². The summed E-state index contributed by atoms with van der Waals surface area (Å²) < 4.78 is 27.9. The van der Waals surface area contributed by atoms with Crippen LogP contribution in [0.15, 0.2) is 66.1 Å². The highest BCUT2D eigenvalue weighted by atomic mass is 32.2. The molecule has 0 radical (unpaired) electrons. The highest BCUT2D eigenvalue weighted by Gasteiger charge is 2.18. The van der Waals surface area contributed by atoms with Gasteiger partial charge in [-0.2, -0.15) is 0 Å². The number of anilines is 1. The lowest BCUT2D eigenvalue weighted by Gasteiger charge is -2.36. The van der Waals surface area contributed by atoms with E-state index in [9.17, 15) is 13.2 Å². The molecule has 0 bridgehead atoms. The van der Waals surface area contributed by atoms with Gasteiger partial charge in [-0.3, -0.25) is 9.69 Å². The third kappa shape index (κ3) is 6.66. The second-order valence-corrected chi connectivity index (χ2v) is 9.71. The van der Waals surface area contributed by atoms with E-state index in [-0.39, 0.29) is 10.8 Å². The van der Waals surface area contributed by atoms with Crippen molar-refractivity contribution in [3.05, 3.63) is 72.3 Å². The van der Waals surface area contributed by atoms with Gasteiger partial charge in [0.25, 0.3) is 5.91 Å². The SMILES string of the molecule is C=CCNC(=O)c1cccc(S(=O)(=O)NCCCN2CCN(c3cccc(C)c3)CC2)c1.